The number of halogens is 2. The highest BCUT2D eigenvalue weighted by Crippen LogP contribution is 2.24. The van der Waals surface area contributed by atoms with E-state index in [4.69, 9.17) is 0 Å². The van der Waals surface area contributed by atoms with Crippen LogP contribution in [0.15, 0.2) is 54.9 Å². The van der Waals surface area contributed by atoms with E-state index in [9.17, 15) is 8.78 Å². The predicted octanol–water partition coefficient (Wildman–Crippen LogP) is 3.08. The second kappa shape index (κ2) is 6.61. The van der Waals surface area contributed by atoms with E-state index in [1.54, 1.807) is 24.3 Å². The van der Waals surface area contributed by atoms with Crippen LogP contribution in [0, 0.1) is 11.6 Å². The van der Waals surface area contributed by atoms with Crippen molar-refractivity contribution >= 4 is 9.52 Å². The third-order valence-corrected chi connectivity index (χ3v) is 4.96. The van der Waals surface area contributed by atoms with Gasteiger partial charge in [0.2, 0.25) is 0 Å². The van der Waals surface area contributed by atoms with Crippen molar-refractivity contribution in [1.82, 2.24) is 15.2 Å². The van der Waals surface area contributed by atoms with Gasteiger partial charge in [0.25, 0.3) is 0 Å². The molecule has 2 aromatic carbocycles. The third kappa shape index (κ3) is 3.45. The van der Waals surface area contributed by atoms with Crippen molar-refractivity contribution in [2.45, 2.75) is 11.6 Å². The summed E-state index contributed by atoms with van der Waals surface area (Å²) in [5.41, 5.74) is 2.09. The van der Waals surface area contributed by atoms with Crippen molar-refractivity contribution in [3.63, 3.8) is 0 Å². The van der Waals surface area contributed by atoms with Crippen LogP contribution >= 0.6 is 0 Å². The molecule has 0 saturated carbocycles. The van der Waals surface area contributed by atoms with Crippen molar-refractivity contribution in [2.24, 2.45) is 0 Å². The maximum atomic E-state index is 13.1. The number of H-pyrrole nitrogens is 1. The molecule has 1 aromatic heterocycles. The normalized spacial score (nSPS) is 11.0. The Labute approximate surface area is 129 Å². The smallest absolute Gasteiger partial charge is 0.137 e. The topological polar surface area (TPSA) is 41.6 Å². The number of hydrogen-bond acceptors (Lipinski definition) is 2. The summed E-state index contributed by atoms with van der Waals surface area (Å²) in [6, 6.07) is 13.6. The van der Waals surface area contributed by atoms with Gasteiger partial charge in [-0.05, 0) is 47.0 Å². The molecule has 22 heavy (non-hydrogen) atoms. The zero-order valence-electron chi connectivity index (χ0n) is 11.6. The molecule has 1 heterocycles. The quantitative estimate of drug-likeness (QED) is 0.736. The van der Waals surface area contributed by atoms with E-state index in [-0.39, 0.29) is 17.2 Å². The minimum atomic E-state index is -0.264. The second-order valence-electron chi connectivity index (χ2n) is 4.85. The molecule has 0 aliphatic rings. The Bertz CT molecular complexity index is 667. The summed E-state index contributed by atoms with van der Waals surface area (Å²) < 4.78 is 26.3. The van der Waals surface area contributed by atoms with Gasteiger partial charge >= 0.3 is 0 Å². The molecule has 6 heteroatoms. The summed E-state index contributed by atoms with van der Waals surface area (Å²) >= 11 is 0. The molecular formula is C16H13F2N3Si. The molecule has 2 radical (unpaired) electrons. The summed E-state index contributed by atoms with van der Waals surface area (Å²) in [6.45, 7) is 0. The number of aromatic amines is 1. The average Bonchev–Trinajstić information content (AvgIpc) is 3.04. The fourth-order valence-corrected chi connectivity index (χ4v) is 3.68. The Balaban J connectivity index is 1.87. The maximum absolute atomic E-state index is 13.1. The summed E-state index contributed by atoms with van der Waals surface area (Å²) in [7, 11) is 0.488. The highest BCUT2D eigenvalue weighted by atomic mass is 28.2. The number of nitrogens with one attached hydrogen (secondary N) is 1. The summed E-state index contributed by atoms with van der Waals surface area (Å²) in [5, 5.41) is 6.68. The average molecular weight is 313 g/mol. The standard InChI is InChI=1S/C16H13F2N3Si/c17-13-5-1-11(2-6-13)16(12-3-7-14(18)8-4-12)22-9-15-19-10-20-21-15/h1-8,10,16H,9H2,(H,19,20,21). The van der Waals surface area contributed by atoms with Gasteiger partial charge in [0.15, 0.2) is 0 Å². The first-order valence-electron chi connectivity index (χ1n) is 6.81. The van der Waals surface area contributed by atoms with Gasteiger partial charge < -0.3 is 0 Å². The number of aromatic nitrogens is 3. The van der Waals surface area contributed by atoms with E-state index in [2.05, 4.69) is 15.2 Å². The third-order valence-electron chi connectivity index (χ3n) is 3.35. The molecule has 0 unspecified atom stereocenters. The van der Waals surface area contributed by atoms with Crippen molar-refractivity contribution in [3.05, 3.63) is 83.4 Å². The molecule has 3 aromatic rings. The fourth-order valence-electron chi connectivity index (χ4n) is 2.25. The highest BCUT2D eigenvalue weighted by Gasteiger charge is 2.16. The lowest BCUT2D eigenvalue weighted by Crippen LogP contribution is -2.13. The van der Waals surface area contributed by atoms with E-state index in [1.165, 1.54) is 30.6 Å². The number of nitrogens with zero attached hydrogens (tertiary/aromatic N) is 2. The Hall–Kier alpha value is -2.34. The van der Waals surface area contributed by atoms with Crippen molar-refractivity contribution in [2.75, 3.05) is 0 Å². The van der Waals surface area contributed by atoms with E-state index in [1.807, 2.05) is 0 Å². The Morgan fingerprint density at radius 1 is 0.909 bits per heavy atom. The number of hydrogen-bond donors (Lipinski definition) is 1. The predicted molar refractivity (Wildman–Crippen MR) is 80.5 cm³/mol. The zero-order valence-corrected chi connectivity index (χ0v) is 12.6. The largest absolute Gasteiger partial charge is 0.264 e. The SMILES string of the molecule is Fc1ccc(C([Si]Cc2ncn[nH]2)c2ccc(F)cc2)cc1. The minimum Gasteiger partial charge on any atom is -0.264 e. The highest BCUT2D eigenvalue weighted by molar-refractivity contribution is 6.38. The van der Waals surface area contributed by atoms with E-state index < -0.39 is 0 Å². The first kappa shape index (κ1) is 14.6. The van der Waals surface area contributed by atoms with Crippen LogP contribution in [-0.2, 0) is 6.04 Å². The molecule has 1 N–H and O–H groups in total. The lowest BCUT2D eigenvalue weighted by Gasteiger charge is -2.17. The zero-order chi connectivity index (χ0) is 15.4. The molecule has 0 fully saturated rings. The van der Waals surface area contributed by atoms with E-state index in [0.717, 1.165) is 23.0 Å². The van der Waals surface area contributed by atoms with Gasteiger partial charge in [-0.1, -0.05) is 24.3 Å². The van der Waals surface area contributed by atoms with Crippen LogP contribution in [0.25, 0.3) is 0 Å². The summed E-state index contributed by atoms with van der Waals surface area (Å²) in [6.07, 6.45) is 1.48. The molecule has 0 spiro atoms. The van der Waals surface area contributed by atoms with Gasteiger partial charge in [-0.2, -0.15) is 5.10 Å². The molecule has 3 rings (SSSR count). The summed E-state index contributed by atoms with van der Waals surface area (Å²) in [5.74, 6) is 0.285. The van der Waals surface area contributed by atoms with Gasteiger partial charge in [-0.3, -0.25) is 5.10 Å². The van der Waals surface area contributed by atoms with Crippen molar-refractivity contribution < 1.29 is 8.78 Å². The Morgan fingerprint density at radius 2 is 1.45 bits per heavy atom. The van der Waals surface area contributed by atoms with Gasteiger partial charge in [0, 0.05) is 0 Å². The maximum Gasteiger partial charge on any atom is 0.137 e. The first-order valence-corrected chi connectivity index (χ1v) is 8.09. The van der Waals surface area contributed by atoms with Crippen molar-refractivity contribution in [3.8, 4) is 0 Å². The molecule has 0 aliphatic heterocycles. The molecule has 0 saturated heterocycles. The molecule has 0 bridgehead atoms. The van der Waals surface area contributed by atoms with E-state index in [0.29, 0.717) is 9.52 Å². The van der Waals surface area contributed by atoms with Gasteiger partial charge in [-0.25, -0.2) is 13.8 Å². The minimum absolute atomic E-state index is 0.0753. The van der Waals surface area contributed by atoms with Crippen molar-refractivity contribution in [1.29, 1.82) is 0 Å². The molecule has 110 valence electrons. The second-order valence-corrected chi connectivity index (χ2v) is 6.19. The number of rotatable bonds is 5. The molecule has 0 amide bonds. The van der Waals surface area contributed by atoms with Crippen LogP contribution in [0.3, 0.4) is 0 Å². The molecular weight excluding hydrogens is 300 g/mol. The first-order chi connectivity index (χ1) is 10.7. The monoisotopic (exact) mass is 313 g/mol. The van der Waals surface area contributed by atoms with Crippen LogP contribution in [-0.4, -0.2) is 24.7 Å². The molecule has 0 atom stereocenters. The van der Waals surface area contributed by atoms with Crippen LogP contribution in [0.1, 0.15) is 22.5 Å². The molecule has 3 nitrogen and oxygen atoms in total. The van der Waals surface area contributed by atoms with Crippen LogP contribution in [0.5, 0.6) is 0 Å². The number of benzene rings is 2. The van der Waals surface area contributed by atoms with Crippen LogP contribution < -0.4 is 0 Å². The van der Waals surface area contributed by atoms with Gasteiger partial charge in [-0.15, -0.1) is 0 Å². The van der Waals surface area contributed by atoms with Gasteiger partial charge in [0.1, 0.15) is 23.8 Å². The Kier molecular flexibility index (Phi) is 4.39. The summed E-state index contributed by atoms with van der Waals surface area (Å²) in [4.78, 5) is 4.12. The van der Waals surface area contributed by atoms with Crippen LogP contribution in [0.4, 0.5) is 8.78 Å². The van der Waals surface area contributed by atoms with E-state index >= 15 is 0 Å². The van der Waals surface area contributed by atoms with Gasteiger partial charge in [0.05, 0.1) is 9.52 Å². The molecule has 0 aliphatic carbocycles. The van der Waals surface area contributed by atoms with Crippen LogP contribution in [0.2, 0.25) is 0 Å². The fraction of sp³-hybridized carbons (Fsp3) is 0.125. The lowest BCUT2D eigenvalue weighted by atomic mass is 10.0. The lowest BCUT2D eigenvalue weighted by molar-refractivity contribution is 0.626. The Morgan fingerprint density at radius 3 is 1.91 bits per heavy atom.